The van der Waals surface area contributed by atoms with Crippen molar-refractivity contribution in [2.75, 3.05) is 59.0 Å². The predicted molar refractivity (Wildman–Crippen MR) is 115 cm³/mol. The molecule has 0 saturated carbocycles. The molecule has 4 rings (SSSR count). The maximum Gasteiger partial charge on any atom is 0.270 e. The number of aromatic nitrogens is 1. The van der Waals surface area contributed by atoms with Gasteiger partial charge in [0.2, 0.25) is 0 Å². The first-order valence-electron chi connectivity index (χ1n) is 10.8. The summed E-state index contributed by atoms with van der Waals surface area (Å²) in [4.78, 5) is 34.5. The number of likely N-dealkylation sites (tertiary alicyclic amines) is 1. The fourth-order valence-corrected chi connectivity index (χ4v) is 4.04. The summed E-state index contributed by atoms with van der Waals surface area (Å²) in [6.45, 7) is 7.14. The first-order chi connectivity index (χ1) is 14.7. The Morgan fingerprint density at radius 1 is 0.933 bits per heavy atom. The molecule has 0 unspecified atom stereocenters. The van der Waals surface area contributed by atoms with Gasteiger partial charge in [-0.1, -0.05) is 18.2 Å². The maximum atomic E-state index is 12.7. The number of amides is 1. The average Bonchev–Trinajstić information content (AvgIpc) is 3.48. The van der Waals surface area contributed by atoms with E-state index in [1.54, 1.807) is 12.3 Å². The Labute approximate surface area is 177 Å². The van der Waals surface area contributed by atoms with Crippen LogP contribution >= 0.6 is 0 Å². The third-order valence-corrected chi connectivity index (χ3v) is 5.88. The number of nitrogens with zero attached hydrogens (tertiary/aromatic N) is 3. The molecule has 1 aromatic heterocycles. The molecule has 160 valence electrons. The van der Waals surface area contributed by atoms with Crippen LogP contribution in [0.25, 0.3) is 0 Å². The second-order valence-corrected chi connectivity index (χ2v) is 8.00. The largest absolute Gasteiger partial charge is 0.492 e. The summed E-state index contributed by atoms with van der Waals surface area (Å²) in [6, 6.07) is 11.6. The Morgan fingerprint density at radius 3 is 2.37 bits per heavy atom. The van der Waals surface area contributed by atoms with E-state index in [0.29, 0.717) is 24.4 Å². The van der Waals surface area contributed by atoms with Gasteiger partial charge in [-0.05, 0) is 31.0 Å². The van der Waals surface area contributed by atoms with E-state index in [2.05, 4.69) is 14.8 Å². The average molecular weight is 411 g/mol. The van der Waals surface area contributed by atoms with Crippen molar-refractivity contribution in [1.29, 1.82) is 0 Å². The van der Waals surface area contributed by atoms with E-state index >= 15 is 0 Å². The molecule has 2 fully saturated rings. The second kappa shape index (κ2) is 9.91. The number of benzene rings is 1. The van der Waals surface area contributed by atoms with Crippen LogP contribution in [0.1, 0.15) is 33.7 Å². The highest BCUT2D eigenvalue weighted by molar-refractivity contribution is 6.01. The number of piperazine rings is 1. The van der Waals surface area contributed by atoms with E-state index in [4.69, 9.17) is 4.74 Å². The van der Waals surface area contributed by atoms with Gasteiger partial charge in [0, 0.05) is 57.6 Å². The van der Waals surface area contributed by atoms with Crippen molar-refractivity contribution >= 4 is 11.7 Å². The van der Waals surface area contributed by atoms with Crippen LogP contribution in [0.4, 0.5) is 0 Å². The van der Waals surface area contributed by atoms with Crippen molar-refractivity contribution in [3.63, 3.8) is 0 Å². The van der Waals surface area contributed by atoms with Crippen molar-refractivity contribution in [3.8, 4) is 5.75 Å². The minimum atomic E-state index is -0.00196. The molecule has 30 heavy (non-hydrogen) atoms. The highest BCUT2D eigenvalue weighted by Gasteiger charge is 2.23. The fourth-order valence-electron chi connectivity index (χ4n) is 4.04. The molecule has 0 aliphatic carbocycles. The number of ketones is 1. The highest BCUT2D eigenvalue weighted by Crippen LogP contribution is 2.14. The summed E-state index contributed by atoms with van der Waals surface area (Å²) in [6.07, 6.45) is 3.79. The van der Waals surface area contributed by atoms with Gasteiger partial charge >= 0.3 is 0 Å². The number of carbonyl (C=O) groups excluding carboxylic acids is 2. The number of hydrogen-bond acceptors (Lipinski definition) is 5. The van der Waals surface area contributed by atoms with Gasteiger partial charge in [-0.2, -0.15) is 0 Å². The molecular weight excluding hydrogens is 380 g/mol. The van der Waals surface area contributed by atoms with Crippen molar-refractivity contribution in [1.82, 2.24) is 19.7 Å². The van der Waals surface area contributed by atoms with Crippen LogP contribution in [0.3, 0.4) is 0 Å². The molecule has 1 amide bonds. The molecule has 0 bridgehead atoms. The van der Waals surface area contributed by atoms with Gasteiger partial charge in [0.15, 0.2) is 5.78 Å². The zero-order valence-corrected chi connectivity index (χ0v) is 17.4. The number of rotatable bonds is 8. The summed E-state index contributed by atoms with van der Waals surface area (Å²) < 4.78 is 5.77. The summed E-state index contributed by atoms with van der Waals surface area (Å²) in [5, 5.41) is 0. The summed E-state index contributed by atoms with van der Waals surface area (Å²) >= 11 is 0. The quantitative estimate of drug-likeness (QED) is 0.676. The Hall–Kier alpha value is -2.64. The zero-order valence-electron chi connectivity index (χ0n) is 17.4. The molecule has 0 atom stereocenters. The number of H-pyrrole nitrogens is 1. The van der Waals surface area contributed by atoms with Gasteiger partial charge in [0.1, 0.15) is 18.1 Å². The van der Waals surface area contributed by atoms with Crippen LogP contribution in [-0.4, -0.2) is 90.3 Å². The van der Waals surface area contributed by atoms with Crippen molar-refractivity contribution in [2.45, 2.75) is 12.8 Å². The van der Waals surface area contributed by atoms with Gasteiger partial charge in [-0.25, -0.2) is 0 Å². The van der Waals surface area contributed by atoms with Gasteiger partial charge in [-0.3, -0.25) is 19.4 Å². The summed E-state index contributed by atoms with van der Waals surface area (Å²) in [5.41, 5.74) is 1.11. The van der Waals surface area contributed by atoms with Crippen LogP contribution < -0.4 is 4.74 Å². The van der Waals surface area contributed by atoms with E-state index < -0.39 is 0 Å². The smallest absolute Gasteiger partial charge is 0.270 e. The number of ether oxygens (including phenoxy) is 1. The number of para-hydroxylation sites is 1. The minimum Gasteiger partial charge on any atom is -0.492 e. The third kappa shape index (κ3) is 5.29. The molecule has 1 N–H and O–H groups in total. The summed E-state index contributed by atoms with van der Waals surface area (Å²) in [5.74, 6) is 0.960. The van der Waals surface area contributed by atoms with E-state index in [1.165, 1.54) is 0 Å². The fraction of sp³-hybridized carbons (Fsp3) is 0.478. The Morgan fingerprint density at radius 2 is 1.63 bits per heavy atom. The number of carbonyl (C=O) groups is 2. The lowest BCUT2D eigenvalue weighted by Crippen LogP contribution is -2.48. The molecular formula is C23H30N4O3. The lowest BCUT2D eigenvalue weighted by molar-refractivity contribution is 0.0787. The Bertz CT molecular complexity index is 837. The summed E-state index contributed by atoms with van der Waals surface area (Å²) in [7, 11) is 0. The zero-order chi connectivity index (χ0) is 20.8. The van der Waals surface area contributed by atoms with Crippen molar-refractivity contribution in [2.24, 2.45) is 0 Å². The van der Waals surface area contributed by atoms with Crippen LogP contribution in [-0.2, 0) is 0 Å². The van der Waals surface area contributed by atoms with Gasteiger partial charge in [0.25, 0.3) is 5.91 Å². The normalized spacial score (nSPS) is 17.9. The topological polar surface area (TPSA) is 68.9 Å². The van der Waals surface area contributed by atoms with Gasteiger partial charge in [-0.15, -0.1) is 0 Å². The van der Waals surface area contributed by atoms with E-state index in [1.807, 2.05) is 35.2 Å². The number of aromatic amines is 1. The molecule has 3 heterocycles. The van der Waals surface area contributed by atoms with E-state index in [9.17, 15) is 9.59 Å². The Balaban J connectivity index is 1.18. The standard InChI is InChI=1S/C23H30N4O3/c28-22(19-16-21(24-17-19)23(29)27-8-4-5-9-27)18-26-12-10-25(11-13-26)14-15-30-20-6-2-1-3-7-20/h1-3,6-7,16-17,24H,4-5,8-15,18H2. The Kier molecular flexibility index (Phi) is 6.81. The lowest BCUT2D eigenvalue weighted by Gasteiger charge is -2.34. The third-order valence-electron chi connectivity index (χ3n) is 5.88. The van der Waals surface area contributed by atoms with Crippen molar-refractivity contribution < 1.29 is 14.3 Å². The highest BCUT2D eigenvalue weighted by atomic mass is 16.5. The van der Waals surface area contributed by atoms with E-state index in [-0.39, 0.29) is 11.7 Å². The second-order valence-electron chi connectivity index (χ2n) is 8.00. The predicted octanol–water partition coefficient (Wildman–Crippen LogP) is 2.13. The number of Topliss-reactive ketones (excluding diaryl/α,β-unsaturated/α-hetero) is 1. The molecule has 0 spiro atoms. The van der Waals surface area contributed by atoms with Crippen LogP contribution in [0.5, 0.6) is 5.75 Å². The minimum absolute atomic E-state index is 0.00196. The molecule has 2 aromatic rings. The molecule has 2 aliphatic rings. The van der Waals surface area contributed by atoms with Crippen LogP contribution in [0, 0.1) is 0 Å². The molecule has 7 nitrogen and oxygen atoms in total. The number of nitrogens with one attached hydrogen (secondary N) is 1. The van der Waals surface area contributed by atoms with Gasteiger partial charge in [0.05, 0.1) is 6.54 Å². The van der Waals surface area contributed by atoms with Crippen LogP contribution in [0.2, 0.25) is 0 Å². The molecule has 7 heteroatoms. The molecule has 0 radical (unpaired) electrons. The van der Waals surface area contributed by atoms with Crippen LogP contribution in [0.15, 0.2) is 42.6 Å². The van der Waals surface area contributed by atoms with E-state index in [0.717, 1.165) is 64.4 Å². The monoisotopic (exact) mass is 410 g/mol. The molecule has 1 aromatic carbocycles. The first kappa shape index (κ1) is 20.6. The lowest BCUT2D eigenvalue weighted by atomic mass is 10.2. The molecule has 2 aliphatic heterocycles. The van der Waals surface area contributed by atoms with Crippen molar-refractivity contribution in [3.05, 3.63) is 53.9 Å². The first-order valence-corrected chi connectivity index (χ1v) is 10.8. The molecule has 2 saturated heterocycles. The number of hydrogen-bond donors (Lipinski definition) is 1. The van der Waals surface area contributed by atoms with Gasteiger partial charge < -0.3 is 14.6 Å². The maximum absolute atomic E-state index is 12.7. The SMILES string of the molecule is O=C(CN1CCN(CCOc2ccccc2)CC1)c1c[nH]c(C(=O)N2CCCC2)c1.